The second-order valence-electron chi connectivity index (χ2n) is 5.06. The van der Waals surface area contributed by atoms with E-state index in [1.807, 2.05) is 32.0 Å². The third-order valence-corrected chi connectivity index (χ3v) is 3.08. The Labute approximate surface area is 124 Å². The maximum Gasteiger partial charge on any atom is 0.270 e. The van der Waals surface area contributed by atoms with Crippen molar-refractivity contribution in [3.63, 3.8) is 0 Å². The van der Waals surface area contributed by atoms with Crippen molar-refractivity contribution >= 4 is 5.91 Å². The lowest BCUT2D eigenvalue weighted by molar-refractivity contribution is 0.0934. The van der Waals surface area contributed by atoms with Gasteiger partial charge in [0.05, 0.1) is 6.61 Å². The molecule has 1 amide bonds. The van der Waals surface area contributed by atoms with Gasteiger partial charge in [0, 0.05) is 30.0 Å². The number of amides is 1. The predicted octanol–water partition coefficient (Wildman–Crippen LogP) is 1.64. The van der Waals surface area contributed by atoms with Crippen molar-refractivity contribution in [2.75, 3.05) is 0 Å². The molecule has 1 atom stereocenters. The molecule has 0 saturated heterocycles. The van der Waals surface area contributed by atoms with Crippen LogP contribution in [-0.2, 0) is 13.0 Å². The standard InChI is InChI=1S/C16H19N3O2/c1-11-4-3-5-14(18-11)8-12(2)19-16(21)15-9-13(10-20)6-7-17-15/h3-7,9,12,20H,8,10H2,1-2H3,(H,19,21)/t12-/m1/s1. The number of carbonyl (C=O) groups is 1. The number of hydrogen-bond donors (Lipinski definition) is 2. The normalized spacial score (nSPS) is 12.0. The van der Waals surface area contributed by atoms with Crippen LogP contribution in [0.1, 0.15) is 34.4 Å². The van der Waals surface area contributed by atoms with Crippen molar-refractivity contribution in [3.8, 4) is 0 Å². The van der Waals surface area contributed by atoms with Crippen molar-refractivity contribution in [1.29, 1.82) is 0 Å². The van der Waals surface area contributed by atoms with Gasteiger partial charge in [0.25, 0.3) is 5.91 Å². The van der Waals surface area contributed by atoms with Crippen molar-refractivity contribution in [2.45, 2.75) is 32.9 Å². The number of nitrogens with zero attached hydrogens (tertiary/aromatic N) is 2. The van der Waals surface area contributed by atoms with E-state index in [0.29, 0.717) is 17.7 Å². The van der Waals surface area contributed by atoms with Gasteiger partial charge in [-0.25, -0.2) is 0 Å². The summed E-state index contributed by atoms with van der Waals surface area (Å²) in [4.78, 5) is 20.5. The van der Waals surface area contributed by atoms with Gasteiger partial charge in [0.15, 0.2) is 0 Å². The largest absolute Gasteiger partial charge is 0.392 e. The summed E-state index contributed by atoms with van der Waals surface area (Å²) in [5.41, 5.74) is 2.89. The Hall–Kier alpha value is -2.27. The lowest BCUT2D eigenvalue weighted by Gasteiger charge is -2.13. The SMILES string of the molecule is Cc1cccc(C[C@@H](C)NC(=O)c2cc(CO)ccn2)n1. The van der Waals surface area contributed by atoms with Crippen LogP contribution in [0.25, 0.3) is 0 Å². The molecule has 5 nitrogen and oxygen atoms in total. The quantitative estimate of drug-likeness (QED) is 0.875. The lowest BCUT2D eigenvalue weighted by atomic mass is 10.1. The molecule has 0 aliphatic rings. The molecule has 5 heteroatoms. The smallest absolute Gasteiger partial charge is 0.270 e. The van der Waals surface area contributed by atoms with Crippen LogP contribution < -0.4 is 5.32 Å². The number of carbonyl (C=O) groups excluding carboxylic acids is 1. The maximum atomic E-state index is 12.1. The van der Waals surface area contributed by atoms with Gasteiger partial charge in [0.1, 0.15) is 5.69 Å². The van der Waals surface area contributed by atoms with E-state index in [1.54, 1.807) is 12.1 Å². The first-order chi connectivity index (χ1) is 10.1. The van der Waals surface area contributed by atoms with Gasteiger partial charge in [-0.2, -0.15) is 0 Å². The van der Waals surface area contributed by atoms with Crippen molar-refractivity contribution < 1.29 is 9.90 Å². The minimum Gasteiger partial charge on any atom is -0.392 e. The summed E-state index contributed by atoms with van der Waals surface area (Å²) in [5, 5.41) is 12.0. The Morgan fingerprint density at radius 2 is 2.19 bits per heavy atom. The predicted molar refractivity (Wildman–Crippen MR) is 79.8 cm³/mol. The molecule has 2 aromatic heterocycles. The Bertz CT molecular complexity index is 628. The number of aryl methyl sites for hydroxylation is 1. The van der Waals surface area contributed by atoms with Crippen molar-refractivity contribution in [2.24, 2.45) is 0 Å². The highest BCUT2D eigenvalue weighted by Crippen LogP contribution is 2.05. The van der Waals surface area contributed by atoms with Gasteiger partial charge < -0.3 is 10.4 Å². The first kappa shape index (κ1) is 15.1. The van der Waals surface area contributed by atoms with Gasteiger partial charge in [0.2, 0.25) is 0 Å². The number of aromatic nitrogens is 2. The Morgan fingerprint density at radius 1 is 1.38 bits per heavy atom. The van der Waals surface area contributed by atoms with E-state index in [1.165, 1.54) is 6.20 Å². The highest BCUT2D eigenvalue weighted by Gasteiger charge is 2.12. The molecule has 0 unspecified atom stereocenters. The zero-order valence-corrected chi connectivity index (χ0v) is 12.2. The summed E-state index contributed by atoms with van der Waals surface area (Å²) >= 11 is 0. The van der Waals surface area contributed by atoms with Crippen LogP contribution in [0.2, 0.25) is 0 Å². The minimum absolute atomic E-state index is 0.0496. The zero-order valence-electron chi connectivity index (χ0n) is 12.2. The first-order valence-corrected chi connectivity index (χ1v) is 6.87. The monoisotopic (exact) mass is 285 g/mol. The molecule has 0 spiro atoms. The third kappa shape index (κ3) is 4.36. The summed E-state index contributed by atoms with van der Waals surface area (Å²) in [6, 6.07) is 9.06. The van der Waals surface area contributed by atoms with Crippen LogP contribution in [0, 0.1) is 6.92 Å². The molecular formula is C16H19N3O2. The molecule has 21 heavy (non-hydrogen) atoms. The molecular weight excluding hydrogens is 266 g/mol. The average Bonchev–Trinajstić information content (AvgIpc) is 2.47. The fraction of sp³-hybridized carbons (Fsp3) is 0.312. The number of hydrogen-bond acceptors (Lipinski definition) is 4. The number of nitrogens with one attached hydrogen (secondary N) is 1. The summed E-state index contributed by atoms with van der Waals surface area (Å²) in [6.45, 7) is 3.76. The van der Waals surface area contributed by atoms with Crippen molar-refractivity contribution in [1.82, 2.24) is 15.3 Å². The van der Waals surface area contributed by atoms with E-state index < -0.39 is 0 Å². The van der Waals surface area contributed by atoms with Gasteiger partial charge in [-0.1, -0.05) is 6.07 Å². The average molecular weight is 285 g/mol. The van der Waals surface area contributed by atoms with E-state index in [0.717, 1.165) is 11.4 Å². The van der Waals surface area contributed by atoms with Crippen LogP contribution in [0.15, 0.2) is 36.5 Å². The molecule has 0 radical (unpaired) electrons. The Kier molecular flexibility index (Phi) is 5.00. The van der Waals surface area contributed by atoms with Gasteiger partial charge in [-0.3, -0.25) is 14.8 Å². The summed E-state index contributed by atoms with van der Waals surface area (Å²) < 4.78 is 0. The van der Waals surface area contributed by atoms with E-state index in [2.05, 4.69) is 15.3 Å². The van der Waals surface area contributed by atoms with E-state index >= 15 is 0 Å². The first-order valence-electron chi connectivity index (χ1n) is 6.87. The minimum atomic E-state index is -0.245. The summed E-state index contributed by atoms with van der Waals surface area (Å²) in [5.74, 6) is -0.245. The molecule has 0 bridgehead atoms. The number of rotatable bonds is 5. The van der Waals surface area contributed by atoms with Gasteiger partial charge >= 0.3 is 0 Å². The number of pyridine rings is 2. The molecule has 2 aromatic rings. The van der Waals surface area contributed by atoms with Crippen LogP contribution >= 0.6 is 0 Å². The number of aliphatic hydroxyl groups excluding tert-OH is 1. The topological polar surface area (TPSA) is 75.1 Å². The Balaban J connectivity index is 1.98. The molecule has 0 fully saturated rings. The van der Waals surface area contributed by atoms with E-state index in [-0.39, 0.29) is 18.6 Å². The molecule has 2 heterocycles. The van der Waals surface area contributed by atoms with E-state index in [9.17, 15) is 4.79 Å². The molecule has 0 saturated carbocycles. The fourth-order valence-corrected chi connectivity index (χ4v) is 2.07. The second kappa shape index (κ2) is 6.95. The zero-order chi connectivity index (χ0) is 15.2. The maximum absolute atomic E-state index is 12.1. The molecule has 2 N–H and O–H groups in total. The molecule has 2 rings (SSSR count). The lowest BCUT2D eigenvalue weighted by Crippen LogP contribution is -2.34. The van der Waals surface area contributed by atoms with Crippen LogP contribution in [0.4, 0.5) is 0 Å². The summed E-state index contributed by atoms with van der Waals surface area (Å²) in [6.07, 6.45) is 2.18. The molecule has 0 aliphatic heterocycles. The van der Waals surface area contributed by atoms with Gasteiger partial charge in [-0.15, -0.1) is 0 Å². The fourth-order valence-electron chi connectivity index (χ4n) is 2.07. The second-order valence-corrected chi connectivity index (χ2v) is 5.06. The van der Waals surface area contributed by atoms with Crippen LogP contribution in [-0.4, -0.2) is 27.0 Å². The highest BCUT2D eigenvalue weighted by molar-refractivity contribution is 5.92. The Morgan fingerprint density at radius 3 is 2.90 bits per heavy atom. The van der Waals surface area contributed by atoms with Crippen LogP contribution in [0.5, 0.6) is 0 Å². The summed E-state index contributed by atoms with van der Waals surface area (Å²) in [7, 11) is 0. The highest BCUT2D eigenvalue weighted by atomic mass is 16.3. The molecule has 0 aliphatic carbocycles. The molecule has 0 aromatic carbocycles. The molecule has 110 valence electrons. The third-order valence-electron chi connectivity index (χ3n) is 3.08. The van der Waals surface area contributed by atoms with E-state index in [4.69, 9.17) is 5.11 Å². The van der Waals surface area contributed by atoms with Crippen LogP contribution in [0.3, 0.4) is 0 Å². The van der Waals surface area contributed by atoms with Crippen molar-refractivity contribution in [3.05, 3.63) is 59.2 Å². The van der Waals surface area contributed by atoms with Gasteiger partial charge in [-0.05, 0) is 43.7 Å². The number of aliphatic hydroxyl groups is 1.